The molecule has 2 unspecified atom stereocenters. The molecule has 1 aliphatic heterocycles. The highest BCUT2D eigenvalue weighted by Gasteiger charge is 2.17. The number of nitrogens with zero attached hydrogens (tertiary/aromatic N) is 1. The minimum Gasteiger partial charge on any atom is -0.376 e. The lowest BCUT2D eigenvalue weighted by Crippen LogP contribution is -2.34. The molecular weight excluding hydrogens is 282 g/mol. The summed E-state index contributed by atoms with van der Waals surface area (Å²) in [4.78, 5) is 28.2. The fraction of sp³-hybridized carbons (Fsp3) is 0.562. The molecule has 1 fully saturated rings. The van der Waals surface area contributed by atoms with Gasteiger partial charge in [0.1, 0.15) is 5.69 Å². The van der Waals surface area contributed by atoms with E-state index in [9.17, 15) is 9.59 Å². The first-order chi connectivity index (χ1) is 10.6. The van der Waals surface area contributed by atoms with Crippen LogP contribution in [0, 0.1) is 0 Å². The number of pyridine rings is 1. The number of aromatic nitrogens is 1. The van der Waals surface area contributed by atoms with Gasteiger partial charge in [0.05, 0.1) is 6.10 Å². The molecule has 6 heteroatoms. The molecule has 1 aromatic heterocycles. The molecule has 6 nitrogen and oxygen atoms in total. The number of amides is 2. The van der Waals surface area contributed by atoms with Gasteiger partial charge in [0, 0.05) is 31.0 Å². The standard InChI is InChI=1S/C16H23N3O3/c1-3-11(2)19-16(21)14-9-12(6-7-17-14)15(20)18-10-13-5-4-8-22-13/h6-7,9,11,13H,3-5,8,10H2,1-2H3,(H,18,20)(H,19,21). The topological polar surface area (TPSA) is 80.3 Å². The van der Waals surface area contributed by atoms with Gasteiger partial charge in [-0.1, -0.05) is 6.92 Å². The summed E-state index contributed by atoms with van der Waals surface area (Å²) in [6.07, 6.45) is 4.42. The van der Waals surface area contributed by atoms with Gasteiger partial charge in [-0.25, -0.2) is 0 Å². The van der Waals surface area contributed by atoms with Crippen LogP contribution in [0.4, 0.5) is 0 Å². The van der Waals surface area contributed by atoms with Crippen LogP contribution in [-0.4, -0.2) is 42.1 Å². The highest BCUT2D eigenvalue weighted by Crippen LogP contribution is 2.11. The third kappa shape index (κ3) is 4.53. The third-order valence-electron chi connectivity index (χ3n) is 3.76. The van der Waals surface area contributed by atoms with Crippen molar-refractivity contribution >= 4 is 11.8 Å². The Hall–Kier alpha value is -1.95. The van der Waals surface area contributed by atoms with E-state index in [4.69, 9.17) is 4.74 Å². The van der Waals surface area contributed by atoms with Gasteiger partial charge in [-0.05, 0) is 38.3 Å². The van der Waals surface area contributed by atoms with Crippen LogP contribution in [0.2, 0.25) is 0 Å². The summed E-state index contributed by atoms with van der Waals surface area (Å²) in [6.45, 7) is 5.18. The van der Waals surface area contributed by atoms with E-state index in [0.717, 1.165) is 25.9 Å². The van der Waals surface area contributed by atoms with Gasteiger partial charge in [-0.15, -0.1) is 0 Å². The smallest absolute Gasteiger partial charge is 0.270 e. The van der Waals surface area contributed by atoms with Gasteiger partial charge in [0.25, 0.3) is 11.8 Å². The zero-order valence-electron chi connectivity index (χ0n) is 13.1. The van der Waals surface area contributed by atoms with Crippen molar-refractivity contribution in [3.63, 3.8) is 0 Å². The highest BCUT2D eigenvalue weighted by atomic mass is 16.5. The van der Waals surface area contributed by atoms with E-state index in [-0.39, 0.29) is 29.7 Å². The van der Waals surface area contributed by atoms with Crippen LogP contribution >= 0.6 is 0 Å². The van der Waals surface area contributed by atoms with Crippen molar-refractivity contribution < 1.29 is 14.3 Å². The first-order valence-corrected chi connectivity index (χ1v) is 7.77. The molecule has 2 amide bonds. The summed E-state index contributed by atoms with van der Waals surface area (Å²) in [5.74, 6) is -0.474. The van der Waals surface area contributed by atoms with E-state index >= 15 is 0 Å². The van der Waals surface area contributed by atoms with Gasteiger partial charge in [0.2, 0.25) is 0 Å². The van der Waals surface area contributed by atoms with Crippen molar-refractivity contribution in [2.24, 2.45) is 0 Å². The predicted molar refractivity (Wildman–Crippen MR) is 82.8 cm³/mol. The van der Waals surface area contributed by atoms with Crippen LogP contribution in [0.15, 0.2) is 18.3 Å². The third-order valence-corrected chi connectivity index (χ3v) is 3.76. The van der Waals surface area contributed by atoms with Crippen molar-refractivity contribution in [3.8, 4) is 0 Å². The lowest BCUT2D eigenvalue weighted by Gasteiger charge is -2.12. The second kappa shape index (κ2) is 7.89. The second-order valence-electron chi connectivity index (χ2n) is 5.56. The van der Waals surface area contributed by atoms with Crippen LogP contribution in [-0.2, 0) is 4.74 Å². The van der Waals surface area contributed by atoms with Crippen molar-refractivity contribution in [2.45, 2.75) is 45.3 Å². The molecule has 120 valence electrons. The van der Waals surface area contributed by atoms with Crippen molar-refractivity contribution in [3.05, 3.63) is 29.6 Å². The molecule has 2 atom stereocenters. The zero-order valence-corrected chi connectivity index (χ0v) is 13.1. The fourth-order valence-electron chi connectivity index (χ4n) is 2.21. The van der Waals surface area contributed by atoms with Crippen molar-refractivity contribution in [1.29, 1.82) is 0 Å². The first kappa shape index (κ1) is 16.4. The quantitative estimate of drug-likeness (QED) is 0.835. The lowest BCUT2D eigenvalue weighted by molar-refractivity contribution is 0.0857. The Morgan fingerprint density at radius 2 is 2.27 bits per heavy atom. The highest BCUT2D eigenvalue weighted by molar-refractivity contribution is 5.98. The number of hydrogen-bond acceptors (Lipinski definition) is 4. The van der Waals surface area contributed by atoms with Crippen molar-refractivity contribution in [2.75, 3.05) is 13.2 Å². The molecule has 0 aromatic carbocycles. The van der Waals surface area contributed by atoms with E-state index in [1.807, 2.05) is 13.8 Å². The molecule has 1 saturated heterocycles. The van der Waals surface area contributed by atoms with E-state index in [0.29, 0.717) is 12.1 Å². The number of hydrogen-bond donors (Lipinski definition) is 2. The number of carbonyl (C=O) groups is 2. The molecule has 0 bridgehead atoms. The molecule has 0 aliphatic carbocycles. The van der Waals surface area contributed by atoms with Crippen molar-refractivity contribution in [1.82, 2.24) is 15.6 Å². The van der Waals surface area contributed by atoms with Crippen LogP contribution in [0.25, 0.3) is 0 Å². The summed E-state index contributed by atoms with van der Waals surface area (Å²) in [6, 6.07) is 3.19. The summed E-state index contributed by atoms with van der Waals surface area (Å²) >= 11 is 0. The van der Waals surface area contributed by atoms with E-state index in [1.54, 1.807) is 6.07 Å². The average molecular weight is 305 g/mol. The van der Waals surface area contributed by atoms with Gasteiger partial charge in [-0.3, -0.25) is 14.6 Å². The number of carbonyl (C=O) groups excluding carboxylic acids is 2. The molecule has 2 N–H and O–H groups in total. The van der Waals surface area contributed by atoms with E-state index in [1.165, 1.54) is 12.3 Å². The zero-order chi connectivity index (χ0) is 15.9. The number of rotatable bonds is 6. The van der Waals surface area contributed by atoms with Gasteiger partial charge in [-0.2, -0.15) is 0 Å². The Bertz CT molecular complexity index is 527. The molecule has 2 rings (SSSR count). The summed E-state index contributed by atoms with van der Waals surface area (Å²) in [5.41, 5.74) is 0.687. The number of nitrogens with one attached hydrogen (secondary N) is 2. The molecule has 22 heavy (non-hydrogen) atoms. The van der Waals surface area contributed by atoms with Gasteiger partial charge < -0.3 is 15.4 Å². The monoisotopic (exact) mass is 305 g/mol. The SMILES string of the molecule is CCC(C)NC(=O)c1cc(C(=O)NCC2CCCO2)ccn1. The fourth-order valence-corrected chi connectivity index (χ4v) is 2.21. The molecule has 0 saturated carbocycles. The molecule has 1 aromatic rings. The maximum absolute atomic E-state index is 12.1. The number of ether oxygens (including phenoxy) is 1. The molecule has 1 aliphatic rings. The largest absolute Gasteiger partial charge is 0.376 e. The Morgan fingerprint density at radius 1 is 1.45 bits per heavy atom. The summed E-state index contributed by atoms with van der Waals surface area (Å²) in [7, 11) is 0. The average Bonchev–Trinajstić information content (AvgIpc) is 3.06. The van der Waals surface area contributed by atoms with Gasteiger partial charge >= 0.3 is 0 Å². The normalized spacial score (nSPS) is 18.7. The predicted octanol–water partition coefficient (Wildman–Crippen LogP) is 1.52. The maximum Gasteiger partial charge on any atom is 0.270 e. The van der Waals surface area contributed by atoms with Crippen LogP contribution in [0.1, 0.15) is 54.0 Å². The maximum atomic E-state index is 12.1. The summed E-state index contributed by atoms with van der Waals surface area (Å²) in [5, 5.41) is 5.67. The lowest BCUT2D eigenvalue weighted by atomic mass is 10.2. The molecular formula is C16H23N3O3. The van der Waals surface area contributed by atoms with E-state index in [2.05, 4.69) is 15.6 Å². The minimum atomic E-state index is -0.261. The first-order valence-electron chi connectivity index (χ1n) is 7.77. The minimum absolute atomic E-state index is 0.0753. The second-order valence-corrected chi connectivity index (χ2v) is 5.56. The van der Waals surface area contributed by atoms with Crippen LogP contribution in [0.5, 0.6) is 0 Å². The van der Waals surface area contributed by atoms with Crippen LogP contribution < -0.4 is 10.6 Å². The molecule has 0 spiro atoms. The summed E-state index contributed by atoms with van der Waals surface area (Å²) < 4.78 is 5.47. The Balaban J connectivity index is 1.94. The Labute approximate surface area is 130 Å². The Morgan fingerprint density at radius 3 is 2.95 bits per heavy atom. The molecule has 0 radical (unpaired) electrons. The van der Waals surface area contributed by atoms with E-state index < -0.39 is 0 Å². The Kier molecular flexibility index (Phi) is 5.89. The van der Waals surface area contributed by atoms with Crippen LogP contribution in [0.3, 0.4) is 0 Å². The molecule has 2 heterocycles. The van der Waals surface area contributed by atoms with Gasteiger partial charge in [0.15, 0.2) is 0 Å².